The SMILES string of the molecule is CC1CCOC(c2cccs2)C1. The molecule has 0 spiro atoms. The van der Waals surface area contributed by atoms with Crippen LogP contribution in [0, 0.1) is 5.92 Å². The molecule has 0 saturated carbocycles. The van der Waals surface area contributed by atoms with Gasteiger partial charge < -0.3 is 4.74 Å². The predicted molar refractivity (Wildman–Crippen MR) is 51.4 cm³/mol. The van der Waals surface area contributed by atoms with E-state index in [1.165, 1.54) is 17.7 Å². The van der Waals surface area contributed by atoms with Crippen molar-refractivity contribution >= 4 is 11.3 Å². The first-order chi connectivity index (χ1) is 5.86. The normalized spacial score (nSPS) is 30.4. The van der Waals surface area contributed by atoms with E-state index in [0.29, 0.717) is 6.10 Å². The van der Waals surface area contributed by atoms with Crippen molar-refractivity contribution in [2.75, 3.05) is 6.61 Å². The molecule has 2 unspecified atom stereocenters. The molecule has 0 amide bonds. The number of rotatable bonds is 1. The molecule has 2 heterocycles. The van der Waals surface area contributed by atoms with Crippen LogP contribution < -0.4 is 0 Å². The second kappa shape index (κ2) is 3.58. The molecule has 2 atom stereocenters. The summed E-state index contributed by atoms with van der Waals surface area (Å²) < 4.78 is 5.70. The Morgan fingerprint density at radius 1 is 1.58 bits per heavy atom. The van der Waals surface area contributed by atoms with Crippen molar-refractivity contribution in [3.8, 4) is 0 Å². The van der Waals surface area contributed by atoms with E-state index in [4.69, 9.17) is 4.74 Å². The van der Waals surface area contributed by atoms with Crippen LogP contribution in [-0.4, -0.2) is 6.61 Å². The van der Waals surface area contributed by atoms with Crippen molar-refractivity contribution in [3.05, 3.63) is 22.4 Å². The highest BCUT2D eigenvalue weighted by molar-refractivity contribution is 7.10. The second-order valence-electron chi connectivity index (χ2n) is 3.50. The maximum absolute atomic E-state index is 5.70. The number of ether oxygens (including phenoxy) is 1. The average Bonchev–Trinajstić information content (AvgIpc) is 2.56. The van der Waals surface area contributed by atoms with Gasteiger partial charge in [0.1, 0.15) is 0 Å². The number of hydrogen-bond acceptors (Lipinski definition) is 2. The summed E-state index contributed by atoms with van der Waals surface area (Å²) in [5.74, 6) is 0.825. The van der Waals surface area contributed by atoms with E-state index in [1.807, 2.05) is 0 Å². The minimum atomic E-state index is 0.383. The summed E-state index contributed by atoms with van der Waals surface area (Å²) in [5.41, 5.74) is 0. The third-order valence-electron chi connectivity index (χ3n) is 2.41. The molecule has 1 saturated heterocycles. The molecule has 66 valence electrons. The molecule has 1 fully saturated rings. The fourth-order valence-electron chi connectivity index (χ4n) is 1.64. The van der Waals surface area contributed by atoms with Crippen LogP contribution in [0.15, 0.2) is 17.5 Å². The summed E-state index contributed by atoms with van der Waals surface area (Å²) in [7, 11) is 0. The fraction of sp³-hybridized carbons (Fsp3) is 0.600. The van der Waals surface area contributed by atoms with Gasteiger partial charge in [-0.3, -0.25) is 0 Å². The van der Waals surface area contributed by atoms with Crippen molar-refractivity contribution < 1.29 is 4.74 Å². The topological polar surface area (TPSA) is 9.23 Å². The molecule has 0 aromatic carbocycles. The summed E-state index contributed by atoms with van der Waals surface area (Å²) in [5, 5.41) is 2.12. The summed E-state index contributed by atoms with van der Waals surface area (Å²) >= 11 is 1.81. The summed E-state index contributed by atoms with van der Waals surface area (Å²) in [4.78, 5) is 1.39. The van der Waals surface area contributed by atoms with Crippen LogP contribution in [0.2, 0.25) is 0 Å². The quantitative estimate of drug-likeness (QED) is 0.648. The lowest BCUT2D eigenvalue weighted by molar-refractivity contribution is -0.00422. The molecule has 0 radical (unpaired) electrons. The molecule has 12 heavy (non-hydrogen) atoms. The van der Waals surface area contributed by atoms with E-state index in [1.54, 1.807) is 11.3 Å². The van der Waals surface area contributed by atoms with Crippen molar-refractivity contribution in [2.24, 2.45) is 5.92 Å². The number of thiophene rings is 1. The Morgan fingerprint density at radius 2 is 2.50 bits per heavy atom. The molecule has 0 aliphatic carbocycles. The Labute approximate surface area is 77.4 Å². The predicted octanol–water partition coefficient (Wildman–Crippen LogP) is 3.24. The van der Waals surface area contributed by atoms with Crippen molar-refractivity contribution in [1.82, 2.24) is 0 Å². The Hall–Kier alpha value is -0.340. The van der Waals surface area contributed by atoms with Gasteiger partial charge in [-0.2, -0.15) is 0 Å². The van der Waals surface area contributed by atoms with Gasteiger partial charge in [-0.15, -0.1) is 11.3 Å². The Bertz CT molecular complexity index is 230. The van der Waals surface area contributed by atoms with E-state index >= 15 is 0 Å². The van der Waals surface area contributed by atoms with Crippen LogP contribution in [0.1, 0.15) is 30.7 Å². The third kappa shape index (κ3) is 1.70. The van der Waals surface area contributed by atoms with Gasteiger partial charge in [0.25, 0.3) is 0 Å². The zero-order valence-corrected chi connectivity index (χ0v) is 8.14. The summed E-state index contributed by atoms with van der Waals surface area (Å²) in [6.45, 7) is 3.24. The van der Waals surface area contributed by atoms with Gasteiger partial charge in [-0.05, 0) is 30.2 Å². The molecule has 1 aliphatic heterocycles. The standard InChI is InChI=1S/C10H14OS/c1-8-4-5-11-9(7-8)10-3-2-6-12-10/h2-3,6,8-9H,4-5,7H2,1H3. The van der Waals surface area contributed by atoms with Gasteiger partial charge in [0.2, 0.25) is 0 Å². The van der Waals surface area contributed by atoms with Crippen LogP contribution in [0.4, 0.5) is 0 Å². The van der Waals surface area contributed by atoms with Gasteiger partial charge in [-0.25, -0.2) is 0 Å². The molecule has 0 bridgehead atoms. The van der Waals surface area contributed by atoms with E-state index in [0.717, 1.165) is 12.5 Å². The monoisotopic (exact) mass is 182 g/mol. The Balaban J connectivity index is 2.04. The molecule has 2 rings (SSSR count). The van der Waals surface area contributed by atoms with E-state index in [9.17, 15) is 0 Å². The Morgan fingerprint density at radius 3 is 3.17 bits per heavy atom. The molecular formula is C10H14OS. The van der Waals surface area contributed by atoms with Gasteiger partial charge in [0.15, 0.2) is 0 Å². The van der Waals surface area contributed by atoms with E-state index in [-0.39, 0.29) is 0 Å². The first kappa shape index (κ1) is 8.27. The first-order valence-corrected chi connectivity index (χ1v) is 5.39. The van der Waals surface area contributed by atoms with Crippen LogP contribution >= 0.6 is 11.3 Å². The van der Waals surface area contributed by atoms with Crippen molar-refractivity contribution in [3.63, 3.8) is 0 Å². The lowest BCUT2D eigenvalue weighted by Gasteiger charge is -2.26. The minimum Gasteiger partial charge on any atom is -0.373 e. The lowest BCUT2D eigenvalue weighted by atomic mass is 9.97. The smallest absolute Gasteiger partial charge is 0.0919 e. The van der Waals surface area contributed by atoms with Crippen molar-refractivity contribution in [1.29, 1.82) is 0 Å². The van der Waals surface area contributed by atoms with Crippen LogP contribution in [0.3, 0.4) is 0 Å². The lowest BCUT2D eigenvalue weighted by Crippen LogP contribution is -2.16. The summed E-state index contributed by atoms with van der Waals surface area (Å²) in [6, 6.07) is 4.27. The van der Waals surface area contributed by atoms with Gasteiger partial charge in [-0.1, -0.05) is 13.0 Å². The zero-order chi connectivity index (χ0) is 8.39. The Kier molecular flexibility index (Phi) is 2.47. The van der Waals surface area contributed by atoms with Crippen LogP contribution in [0.5, 0.6) is 0 Å². The molecule has 1 nitrogen and oxygen atoms in total. The molecule has 1 aromatic heterocycles. The van der Waals surface area contributed by atoms with Gasteiger partial charge in [0, 0.05) is 11.5 Å². The van der Waals surface area contributed by atoms with Gasteiger partial charge >= 0.3 is 0 Å². The highest BCUT2D eigenvalue weighted by Crippen LogP contribution is 2.33. The minimum absolute atomic E-state index is 0.383. The second-order valence-corrected chi connectivity index (χ2v) is 4.48. The molecular weight excluding hydrogens is 168 g/mol. The molecule has 1 aliphatic rings. The van der Waals surface area contributed by atoms with Gasteiger partial charge in [0.05, 0.1) is 6.10 Å². The maximum atomic E-state index is 5.70. The van der Waals surface area contributed by atoms with Crippen LogP contribution in [0.25, 0.3) is 0 Å². The molecule has 0 N–H and O–H groups in total. The van der Waals surface area contributed by atoms with E-state index in [2.05, 4.69) is 24.4 Å². The van der Waals surface area contributed by atoms with Crippen LogP contribution in [-0.2, 0) is 4.74 Å². The number of hydrogen-bond donors (Lipinski definition) is 0. The molecule has 1 aromatic rings. The third-order valence-corrected chi connectivity index (χ3v) is 3.37. The largest absolute Gasteiger partial charge is 0.373 e. The highest BCUT2D eigenvalue weighted by Gasteiger charge is 2.21. The van der Waals surface area contributed by atoms with E-state index < -0.39 is 0 Å². The molecule has 2 heteroatoms. The van der Waals surface area contributed by atoms with Crippen molar-refractivity contribution in [2.45, 2.75) is 25.9 Å². The first-order valence-electron chi connectivity index (χ1n) is 4.51. The highest BCUT2D eigenvalue weighted by atomic mass is 32.1. The zero-order valence-electron chi connectivity index (χ0n) is 7.32. The average molecular weight is 182 g/mol. The fourth-order valence-corrected chi connectivity index (χ4v) is 2.42. The maximum Gasteiger partial charge on any atom is 0.0919 e. The summed E-state index contributed by atoms with van der Waals surface area (Å²) in [6.07, 6.45) is 2.80.